The molecule has 0 heterocycles. The molecule has 4 nitrogen and oxygen atoms in total. The molecule has 0 bridgehead atoms. The van der Waals surface area contributed by atoms with Gasteiger partial charge in [0.15, 0.2) is 0 Å². The molecular formula is C16H16N2O2. The van der Waals surface area contributed by atoms with Crippen LogP contribution in [0.5, 0.6) is 0 Å². The van der Waals surface area contributed by atoms with Crippen molar-refractivity contribution in [2.75, 3.05) is 0 Å². The SMILES string of the molecule is NC(C=O)c1ccc(-c2ccc(C(N)C=O)cc2)cc1. The molecule has 2 aromatic carbocycles. The van der Waals surface area contributed by atoms with E-state index in [0.717, 1.165) is 22.3 Å². The summed E-state index contributed by atoms with van der Waals surface area (Å²) in [5.41, 5.74) is 14.9. The van der Waals surface area contributed by atoms with E-state index in [0.29, 0.717) is 12.6 Å². The molecule has 0 radical (unpaired) electrons. The predicted octanol–water partition coefficient (Wildman–Crippen LogP) is 1.75. The van der Waals surface area contributed by atoms with E-state index >= 15 is 0 Å². The topological polar surface area (TPSA) is 86.2 Å². The van der Waals surface area contributed by atoms with Crippen LogP contribution in [-0.2, 0) is 9.59 Å². The minimum Gasteiger partial charge on any atom is -0.318 e. The van der Waals surface area contributed by atoms with Gasteiger partial charge in [-0.3, -0.25) is 0 Å². The van der Waals surface area contributed by atoms with Gasteiger partial charge in [-0.05, 0) is 22.3 Å². The van der Waals surface area contributed by atoms with E-state index < -0.39 is 12.1 Å². The second-order valence-electron chi connectivity index (χ2n) is 4.57. The van der Waals surface area contributed by atoms with Gasteiger partial charge in [-0.25, -0.2) is 0 Å². The van der Waals surface area contributed by atoms with Gasteiger partial charge in [0.2, 0.25) is 0 Å². The molecule has 2 atom stereocenters. The van der Waals surface area contributed by atoms with Gasteiger partial charge < -0.3 is 21.1 Å². The number of aldehydes is 2. The van der Waals surface area contributed by atoms with Gasteiger partial charge in [0.05, 0.1) is 12.1 Å². The summed E-state index contributed by atoms with van der Waals surface area (Å²) in [6.45, 7) is 0. The highest BCUT2D eigenvalue weighted by atomic mass is 16.1. The lowest BCUT2D eigenvalue weighted by Crippen LogP contribution is -2.11. The Morgan fingerprint density at radius 2 is 0.950 bits per heavy atom. The van der Waals surface area contributed by atoms with Gasteiger partial charge in [-0.2, -0.15) is 0 Å². The maximum atomic E-state index is 10.6. The van der Waals surface area contributed by atoms with Crippen molar-refractivity contribution in [2.24, 2.45) is 11.5 Å². The molecule has 0 aromatic heterocycles. The fourth-order valence-electron chi connectivity index (χ4n) is 1.95. The molecule has 0 aliphatic carbocycles. The summed E-state index contributed by atoms with van der Waals surface area (Å²) >= 11 is 0. The molecule has 0 fully saturated rings. The largest absolute Gasteiger partial charge is 0.318 e. The summed E-state index contributed by atoms with van der Waals surface area (Å²) in [6.07, 6.45) is 1.43. The number of benzene rings is 2. The van der Waals surface area contributed by atoms with E-state index in [1.54, 1.807) is 0 Å². The number of hydrogen-bond donors (Lipinski definition) is 2. The van der Waals surface area contributed by atoms with Gasteiger partial charge in [-0.15, -0.1) is 0 Å². The Morgan fingerprint density at radius 1 is 0.650 bits per heavy atom. The van der Waals surface area contributed by atoms with Gasteiger partial charge in [0.1, 0.15) is 12.6 Å². The normalized spacial score (nSPS) is 13.5. The van der Waals surface area contributed by atoms with E-state index in [1.807, 2.05) is 48.5 Å². The van der Waals surface area contributed by atoms with Crippen LogP contribution >= 0.6 is 0 Å². The first-order valence-corrected chi connectivity index (χ1v) is 6.27. The lowest BCUT2D eigenvalue weighted by atomic mass is 9.99. The first-order valence-electron chi connectivity index (χ1n) is 6.27. The smallest absolute Gasteiger partial charge is 0.141 e. The number of carbonyl (C=O) groups excluding carboxylic acids is 2. The molecule has 4 N–H and O–H groups in total. The Morgan fingerprint density at radius 3 is 1.20 bits per heavy atom. The third-order valence-electron chi connectivity index (χ3n) is 3.22. The maximum absolute atomic E-state index is 10.6. The standard InChI is InChI=1S/C16H16N2O2/c17-15(9-19)13-5-1-11(2-6-13)12-3-7-14(8-4-12)16(18)10-20/h1-10,15-16H,17-18H2. The average Bonchev–Trinajstić information content (AvgIpc) is 2.53. The third-order valence-corrected chi connectivity index (χ3v) is 3.22. The molecule has 2 rings (SSSR count). The van der Waals surface area contributed by atoms with Crippen LogP contribution < -0.4 is 11.5 Å². The Labute approximate surface area is 117 Å². The van der Waals surface area contributed by atoms with E-state index in [2.05, 4.69) is 0 Å². The zero-order chi connectivity index (χ0) is 14.5. The number of rotatable bonds is 5. The molecule has 0 saturated carbocycles. The molecule has 4 heteroatoms. The van der Waals surface area contributed by atoms with Crippen molar-refractivity contribution in [3.05, 3.63) is 59.7 Å². The second kappa shape index (κ2) is 6.23. The van der Waals surface area contributed by atoms with Crippen molar-refractivity contribution in [1.82, 2.24) is 0 Å². The van der Waals surface area contributed by atoms with Crippen molar-refractivity contribution in [3.63, 3.8) is 0 Å². The fourth-order valence-corrected chi connectivity index (χ4v) is 1.95. The van der Waals surface area contributed by atoms with Crippen molar-refractivity contribution < 1.29 is 9.59 Å². The molecule has 20 heavy (non-hydrogen) atoms. The molecule has 102 valence electrons. The number of hydrogen-bond acceptors (Lipinski definition) is 4. The van der Waals surface area contributed by atoms with Crippen molar-refractivity contribution in [3.8, 4) is 11.1 Å². The van der Waals surface area contributed by atoms with E-state index in [9.17, 15) is 9.59 Å². The van der Waals surface area contributed by atoms with Gasteiger partial charge in [0, 0.05) is 0 Å². The van der Waals surface area contributed by atoms with Gasteiger partial charge in [0.25, 0.3) is 0 Å². The number of carbonyl (C=O) groups is 2. The van der Waals surface area contributed by atoms with Crippen molar-refractivity contribution in [2.45, 2.75) is 12.1 Å². The molecule has 2 aromatic rings. The van der Waals surface area contributed by atoms with E-state index in [4.69, 9.17) is 11.5 Å². The molecule has 0 saturated heterocycles. The fraction of sp³-hybridized carbons (Fsp3) is 0.125. The Hall–Kier alpha value is -2.30. The number of nitrogens with two attached hydrogens (primary N) is 2. The summed E-state index contributed by atoms with van der Waals surface area (Å²) in [7, 11) is 0. The van der Waals surface area contributed by atoms with E-state index in [1.165, 1.54) is 0 Å². The van der Waals surface area contributed by atoms with Crippen molar-refractivity contribution >= 4 is 12.6 Å². The van der Waals surface area contributed by atoms with Crippen LogP contribution in [0, 0.1) is 0 Å². The minimum atomic E-state index is -0.586. The quantitative estimate of drug-likeness (QED) is 0.809. The van der Waals surface area contributed by atoms with E-state index in [-0.39, 0.29) is 0 Å². The Bertz CT molecular complexity index is 535. The summed E-state index contributed by atoms with van der Waals surface area (Å²) in [6, 6.07) is 13.8. The highest BCUT2D eigenvalue weighted by Crippen LogP contribution is 2.22. The molecule has 0 spiro atoms. The van der Waals surface area contributed by atoms with Crippen LogP contribution in [0.3, 0.4) is 0 Å². The summed E-state index contributed by atoms with van der Waals surface area (Å²) in [4.78, 5) is 21.2. The van der Waals surface area contributed by atoms with Crippen LogP contribution in [-0.4, -0.2) is 12.6 Å². The lowest BCUT2D eigenvalue weighted by molar-refractivity contribution is -0.109. The minimum absolute atomic E-state index is 0.586. The lowest BCUT2D eigenvalue weighted by Gasteiger charge is -2.08. The van der Waals surface area contributed by atoms with Crippen molar-refractivity contribution in [1.29, 1.82) is 0 Å². The first kappa shape index (κ1) is 14.1. The summed E-state index contributed by atoms with van der Waals surface area (Å²) in [5.74, 6) is 0. The highest BCUT2D eigenvalue weighted by molar-refractivity contribution is 5.68. The average molecular weight is 268 g/mol. The monoisotopic (exact) mass is 268 g/mol. The molecule has 0 amide bonds. The van der Waals surface area contributed by atoms with Crippen LogP contribution in [0.4, 0.5) is 0 Å². The van der Waals surface area contributed by atoms with Gasteiger partial charge >= 0.3 is 0 Å². The van der Waals surface area contributed by atoms with Gasteiger partial charge in [-0.1, -0.05) is 48.5 Å². The van der Waals surface area contributed by atoms with Crippen LogP contribution in [0.25, 0.3) is 11.1 Å². The molecular weight excluding hydrogens is 252 g/mol. The summed E-state index contributed by atoms with van der Waals surface area (Å²) < 4.78 is 0. The van der Waals surface area contributed by atoms with Crippen LogP contribution in [0.15, 0.2) is 48.5 Å². The summed E-state index contributed by atoms with van der Waals surface area (Å²) in [5, 5.41) is 0. The Kier molecular flexibility index (Phi) is 4.40. The molecule has 0 aliphatic rings. The second-order valence-corrected chi connectivity index (χ2v) is 4.57. The molecule has 2 unspecified atom stereocenters. The first-order chi connectivity index (χ1) is 9.65. The predicted molar refractivity (Wildman–Crippen MR) is 77.9 cm³/mol. The van der Waals surface area contributed by atoms with Crippen LogP contribution in [0.1, 0.15) is 23.2 Å². The highest BCUT2D eigenvalue weighted by Gasteiger charge is 2.06. The van der Waals surface area contributed by atoms with Crippen LogP contribution in [0.2, 0.25) is 0 Å². The third kappa shape index (κ3) is 2.99. The zero-order valence-electron chi connectivity index (χ0n) is 10.9. The Balaban J connectivity index is 2.23. The maximum Gasteiger partial charge on any atom is 0.141 e. The molecule has 0 aliphatic heterocycles. The zero-order valence-corrected chi connectivity index (χ0v) is 10.9.